The number of hydrogen-bond acceptors (Lipinski definition) is 4. The topological polar surface area (TPSA) is 78.5 Å². The fourth-order valence-electron chi connectivity index (χ4n) is 2.83. The molecule has 23 heavy (non-hydrogen) atoms. The Labute approximate surface area is 135 Å². The minimum Gasteiger partial charge on any atom is -0.326 e. The van der Waals surface area contributed by atoms with E-state index in [1.54, 1.807) is 0 Å². The average Bonchev–Trinajstić information content (AvgIpc) is 2.78. The van der Waals surface area contributed by atoms with Crippen LogP contribution in [0.4, 0.5) is 15.8 Å². The van der Waals surface area contributed by atoms with E-state index in [4.69, 9.17) is 0 Å². The number of benzene rings is 1. The van der Waals surface area contributed by atoms with Crippen molar-refractivity contribution in [2.24, 2.45) is 11.8 Å². The molecule has 1 atom stereocenters. The van der Waals surface area contributed by atoms with Crippen LogP contribution in [-0.4, -0.2) is 39.7 Å². The zero-order valence-electron chi connectivity index (χ0n) is 12.9. The largest absolute Gasteiger partial charge is 0.326 e. The van der Waals surface area contributed by atoms with E-state index in [1.807, 2.05) is 6.92 Å². The van der Waals surface area contributed by atoms with E-state index in [2.05, 4.69) is 10.6 Å². The number of sulfonamides is 1. The Morgan fingerprint density at radius 2 is 2.17 bits per heavy atom. The molecular weight excluding hydrogens is 321 g/mol. The Morgan fingerprint density at radius 1 is 1.43 bits per heavy atom. The standard InChI is InChI=1S/C15H20FN3O3S/c1-10(11-8-17-9-11)15(20)18-12-3-4-13(16)14(7-12)19-5-2-6-23(19,21)22/h3-4,7,10-11,17H,2,5-6,8-9H2,1H3,(H,18,20). The first-order valence-electron chi connectivity index (χ1n) is 7.70. The third-order valence-corrected chi connectivity index (χ3v) is 6.37. The van der Waals surface area contributed by atoms with E-state index in [-0.39, 0.29) is 29.8 Å². The lowest BCUT2D eigenvalue weighted by Crippen LogP contribution is -2.48. The molecule has 2 heterocycles. The summed E-state index contributed by atoms with van der Waals surface area (Å²) in [5.74, 6) is -0.577. The van der Waals surface area contributed by atoms with Gasteiger partial charge in [0.1, 0.15) is 5.82 Å². The van der Waals surface area contributed by atoms with Gasteiger partial charge in [0.25, 0.3) is 0 Å². The summed E-state index contributed by atoms with van der Waals surface area (Å²) >= 11 is 0. The predicted octanol–water partition coefficient (Wildman–Crippen LogP) is 1.16. The van der Waals surface area contributed by atoms with Gasteiger partial charge in [-0.05, 0) is 43.6 Å². The minimum atomic E-state index is -3.46. The zero-order valence-corrected chi connectivity index (χ0v) is 13.7. The number of hydrogen-bond donors (Lipinski definition) is 2. The van der Waals surface area contributed by atoms with E-state index in [1.165, 1.54) is 18.2 Å². The summed E-state index contributed by atoms with van der Waals surface area (Å²) in [5, 5.41) is 5.87. The van der Waals surface area contributed by atoms with Gasteiger partial charge in [-0.1, -0.05) is 6.92 Å². The van der Waals surface area contributed by atoms with Crippen molar-refractivity contribution < 1.29 is 17.6 Å². The highest BCUT2D eigenvalue weighted by atomic mass is 32.2. The number of halogens is 1. The van der Waals surface area contributed by atoms with E-state index in [0.29, 0.717) is 18.0 Å². The van der Waals surface area contributed by atoms with Crippen LogP contribution in [0.25, 0.3) is 0 Å². The summed E-state index contributed by atoms with van der Waals surface area (Å²) in [6.07, 6.45) is 0.476. The van der Waals surface area contributed by atoms with Gasteiger partial charge in [-0.3, -0.25) is 9.10 Å². The number of amides is 1. The van der Waals surface area contributed by atoms with Crippen molar-refractivity contribution in [2.75, 3.05) is 35.0 Å². The van der Waals surface area contributed by atoms with E-state index < -0.39 is 15.8 Å². The molecule has 2 aliphatic rings. The van der Waals surface area contributed by atoms with Crippen molar-refractivity contribution in [3.05, 3.63) is 24.0 Å². The molecule has 0 saturated carbocycles. The van der Waals surface area contributed by atoms with Crippen LogP contribution in [0.1, 0.15) is 13.3 Å². The molecule has 1 aromatic carbocycles. The van der Waals surface area contributed by atoms with Crippen molar-refractivity contribution >= 4 is 27.3 Å². The molecule has 0 radical (unpaired) electrons. The molecule has 1 amide bonds. The summed E-state index contributed by atoms with van der Waals surface area (Å²) in [6.45, 7) is 3.75. The molecular formula is C15H20FN3O3S. The molecule has 0 bridgehead atoms. The number of rotatable bonds is 4. The van der Waals surface area contributed by atoms with Crippen molar-refractivity contribution in [1.29, 1.82) is 0 Å². The van der Waals surface area contributed by atoms with Gasteiger partial charge in [0.15, 0.2) is 0 Å². The molecule has 2 aliphatic heterocycles. The normalized spacial score (nSPS) is 21.7. The SMILES string of the molecule is CC(C(=O)Nc1ccc(F)c(N2CCCS2(=O)=O)c1)C1CNC1. The van der Waals surface area contributed by atoms with E-state index >= 15 is 0 Å². The van der Waals surface area contributed by atoms with Gasteiger partial charge >= 0.3 is 0 Å². The monoisotopic (exact) mass is 341 g/mol. The maximum Gasteiger partial charge on any atom is 0.235 e. The second kappa shape index (κ2) is 6.09. The van der Waals surface area contributed by atoms with Crippen LogP contribution in [0, 0.1) is 17.7 Å². The molecule has 1 aromatic rings. The average molecular weight is 341 g/mol. The third-order valence-electron chi connectivity index (χ3n) is 4.52. The fourth-order valence-corrected chi connectivity index (χ4v) is 4.39. The first-order chi connectivity index (χ1) is 10.9. The maximum absolute atomic E-state index is 14.0. The van der Waals surface area contributed by atoms with Crippen LogP contribution in [0.5, 0.6) is 0 Å². The molecule has 6 nitrogen and oxygen atoms in total. The van der Waals surface area contributed by atoms with Crippen LogP contribution in [0.15, 0.2) is 18.2 Å². The number of carbonyl (C=O) groups excluding carboxylic acids is 1. The highest BCUT2D eigenvalue weighted by Crippen LogP contribution is 2.30. The Morgan fingerprint density at radius 3 is 2.74 bits per heavy atom. The first-order valence-corrected chi connectivity index (χ1v) is 9.31. The van der Waals surface area contributed by atoms with Gasteiger partial charge in [-0.2, -0.15) is 0 Å². The van der Waals surface area contributed by atoms with Crippen molar-refractivity contribution in [3.8, 4) is 0 Å². The summed E-state index contributed by atoms with van der Waals surface area (Å²) < 4.78 is 39.0. The van der Waals surface area contributed by atoms with Gasteiger partial charge in [-0.25, -0.2) is 12.8 Å². The second-order valence-corrected chi connectivity index (χ2v) is 8.12. The van der Waals surface area contributed by atoms with Gasteiger partial charge < -0.3 is 10.6 Å². The molecule has 3 rings (SSSR count). The summed E-state index contributed by atoms with van der Waals surface area (Å²) in [5.41, 5.74) is 0.408. The minimum absolute atomic E-state index is 0.00161. The lowest BCUT2D eigenvalue weighted by atomic mass is 9.88. The molecule has 8 heteroatoms. The highest BCUT2D eigenvalue weighted by molar-refractivity contribution is 7.93. The lowest BCUT2D eigenvalue weighted by molar-refractivity contribution is -0.121. The Kier molecular flexibility index (Phi) is 4.29. The molecule has 2 fully saturated rings. The Bertz CT molecular complexity index is 719. The van der Waals surface area contributed by atoms with Crippen LogP contribution in [-0.2, 0) is 14.8 Å². The third kappa shape index (κ3) is 3.18. The van der Waals surface area contributed by atoms with Crippen LogP contribution >= 0.6 is 0 Å². The molecule has 0 aromatic heterocycles. The molecule has 2 saturated heterocycles. The molecule has 1 unspecified atom stereocenters. The van der Waals surface area contributed by atoms with Gasteiger partial charge in [0, 0.05) is 18.2 Å². The van der Waals surface area contributed by atoms with Crippen molar-refractivity contribution in [3.63, 3.8) is 0 Å². The highest BCUT2D eigenvalue weighted by Gasteiger charge is 2.31. The first kappa shape index (κ1) is 16.2. The van der Waals surface area contributed by atoms with Gasteiger partial charge in [-0.15, -0.1) is 0 Å². The number of nitrogens with one attached hydrogen (secondary N) is 2. The zero-order chi connectivity index (χ0) is 16.6. The summed E-state index contributed by atoms with van der Waals surface area (Å²) in [7, 11) is -3.46. The molecule has 2 N–H and O–H groups in total. The van der Waals surface area contributed by atoms with Gasteiger partial charge in [0.2, 0.25) is 15.9 Å². The Hall–Kier alpha value is -1.67. The molecule has 0 aliphatic carbocycles. The smallest absolute Gasteiger partial charge is 0.235 e. The van der Waals surface area contributed by atoms with Crippen LogP contribution in [0.3, 0.4) is 0 Å². The summed E-state index contributed by atoms with van der Waals surface area (Å²) in [4.78, 5) is 12.2. The second-order valence-electron chi connectivity index (χ2n) is 6.10. The molecule has 0 spiro atoms. The van der Waals surface area contributed by atoms with Crippen LogP contribution < -0.4 is 14.9 Å². The Balaban J connectivity index is 1.79. The van der Waals surface area contributed by atoms with Gasteiger partial charge in [0.05, 0.1) is 11.4 Å². The number of anilines is 2. The number of carbonyl (C=O) groups is 1. The summed E-state index contributed by atoms with van der Waals surface area (Å²) in [6, 6.07) is 4.03. The van der Waals surface area contributed by atoms with Crippen LogP contribution in [0.2, 0.25) is 0 Å². The molecule has 126 valence electrons. The van der Waals surface area contributed by atoms with Crippen molar-refractivity contribution in [2.45, 2.75) is 13.3 Å². The van der Waals surface area contributed by atoms with E-state index in [9.17, 15) is 17.6 Å². The van der Waals surface area contributed by atoms with E-state index in [0.717, 1.165) is 17.4 Å². The van der Waals surface area contributed by atoms with Crippen molar-refractivity contribution in [1.82, 2.24) is 5.32 Å². The quantitative estimate of drug-likeness (QED) is 0.861. The predicted molar refractivity (Wildman–Crippen MR) is 86.3 cm³/mol. The fraction of sp³-hybridized carbons (Fsp3) is 0.533. The lowest BCUT2D eigenvalue weighted by Gasteiger charge is -2.31. The number of nitrogens with zero attached hydrogens (tertiary/aromatic N) is 1. The maximum atomic E-state index is 14.0.